The van der Waals surface area contributed by atoms with Gasteiger partial charge in [0.05, 0.1) is 24.0 Å². The number of aryl methyl sites for hydroxylation is 1. The van der Waals surface area contributed by atoms with Gasteiger partial charge in [0.1, 0.15) is 11.1 Å². The van der Waals surface area contributed by atoms with Crippen LogP contribution in [0.2, 0.25) is 0 Å². The maximum absolute atomic E-state index is 12.6. The first-order chi connectivity index (χ1) is 12.2. The van der Waals surface area contributed by atoms with Crippen LogP contribution in [0, 0.1) is 12.8 Å². The summed E-state index contributed by atoms with van der Waals surface area (Å²) >= 11 is 1.69. The number of rotatable bonds is 4. The van der Waals surface area contributed by atoms with E-state index in [1.807, 2.05) is 30.6 Å². The fraction of sp³-hybridized carbons (Fsp3) is 0.500. The highest BCUT2D eigenvalue weighted by Gasteiger charge is 2.41. The summed E-state index contributed by atoms with van der Waals surface area (Å²) in [6, 6.07) is 3.70. The maximum atomic E-state index is 12.6. The van der Waals surface area contributed by atoms with Crippen LogP contribution >= 0.6 is 11.3 Å². The van der Waals surface area contributed by atoms with Crippen molar-refractivity contribution in [3.05, 3.63) is 40.6 Å². The molecule has 2 aliphatic rings. The molecule has 25 heavy (non-hydrogen) atoms. The number of likely N-dealkylation sites (tertiary alicyclic amines) is 1. The lowest BCUT2D eigenvalue weighted by atomic mass is 9.91. The van der Waals surface area contributed by atoms with Crippen molar-refractivity contribution in [1.29, 1.82) is 0 Å². The lowest BCUT2D eigenvalue weighted by molar-refractivity contribution is -0.127. The van der Waals surface area contributed by atoms with Crippen molar-refractivity contribution in [3.8, 4) is 0 Å². The van der Waals surface area contributed by atoms with Gasteiger partial charge in [0.15, 0.2) is 0 Å². The molecule has 2 fully saturated rings. The van der Waals surface area contributed by atoms with Crippen molar-refractivity contribution in [3.63, 3.8) is 0 Å². The average molecular weight is 358 g/mol. The summed E-state index contributed by atoms with van der Waals surface area (Å²) in [5.74, 6) is 0.412. The third-order valence-corrected chi connectivity index (χ3v) is 5.80. The molecular formula is C18H22N4O2S. The SMILES string of the molecule is Cc1ncccc1NC(=O)[C@@H]1C[C@H]2CCN(Cc3nccs3)C[C@@H]2O1. The Morgan fingerprint density at radius 1 is 1.44 bits per heavy atom. The van der Waals surface area contributed by atoms with Gasteiger partial charge in [0.25, 0.3) is 5.91 Å². The van der Waals surface area contributed by atoms with Gasteiger partial charge in [-0.3, -0.25) is 14.7 Å². The molecule has 0 spiro atoms. The van der Waals surface area contributed by atoms with Crippen LogP contribution < -0.4 is 5.32 Å². The van der Waals surface area contributed by atoms with Gasteiger partial charge >= 0.3 is 0 Å². The van der Waals surface area contributed by atoms with Gasteiger partial charge in [-0.25, -0.2) is 4.98 Å². The van der Waals surface area contributed by atoms with Gasteiger partial charge < -0.3 is 10.1 Å². The highest BCUT2D eigenvalue weighted by molar-refractivity contribution is 7.09. The number of thiazole rings is 1. The van der Waals surface area contributed by atoms with Gasteiger partial charge in [0, 0.05) is 24.3 Å². The standard InChI is InChI=1S/C18H22N4O2S/c1-12-14(3-2-5-19-12)21-18(23)15-9-13-4-7-22(10-16(13)24-15)11-17-20-6-8-25-17/h2-3,5-6,8,13,15-16H,4,7,9-11H2,1H3,(H,21,23)/t13-,15+,16+/m1/s1. The Balaban J connectivity index is 1.34. The second-order valence-corrected chi connectivity index (χ2v) is 7.71. The molecule has 2 aromatic heterocycles. The molecule has 0 bridgehead atoms. The first-order valence-electron chi connectivity index (χ1n) is 8.67. The third-order valence-electron chi connectivity index (χ3n) is 5.04. The zero-order chi connectivity index (χ0) is 17.2. The van der Waals surface area contributed by atoms with E-state index in [-0.39, 0.29) is 18.1 Å². The number of pyridine rings is 1. The van der Waals surface area contributed by atoms with Crippen LogP contribution in [-0.2, 0) is 16.1 Å². The highest BCUT2D eigenvalue weighted by Crippen LogP contribution is 2.34. The first-order valence-corrected chi connectivity index (χ1v) is 9.55. The summed E-state index contributed by atoms with van der Waals surface area (Å²) in [4.78, 5) is 23.5. The van der Waals surface area contributed by atoms with Crippen molar-refractivity contribution >= 4 is 22.9 Å². The molecule has 4 rings (SSSR count). The van der Waals surface area contributed by atoms with E-state index in [1.165, 1.54) is 0 Å². The summed E-state index contributed by atoms with van der Waals surface area (Å²) in [7, 11) is 0. The van der Waals surface area contributed by atoms with Crippen LogP contribution in [0.3, 0.4) is 0 Å². The number of fused-ring (bicyclic) bond motifs is 1. The van der Waals surface area contributed by atoms with Crippen molar-refractivity contribution in [2.75, 3.05) is 18.4 Å². The van der Waals surface area contributed by atoms with E-state index in [9.17, 15) is 4.79 Å². The fourth-order valence-corrected chi connectivity index (χ4v) is 4.32. The molecule has 0 aromatic carbocycles. The van der Waals surface area contributed by atoms with Crippen molar-refractivity contribution in [2.24, 2.45) is 5.92 Å². The van der Waals surface area contributed by atoms with E-state index in [4.69, 9.17) is 4.74 Å². The van der Waals surface area contributed by atoms with Crippen LogP contribution in [0.1, 0.15) is 23.5 Å². The molecule has 132 valence electrons. The minimum absolute atomic E-state index is 0.0584. The number of carbonyl (C=O) groups excluding carboxylic acids is 1. The summed E-state index contributed by atoms with van der Waals surface area (Å²) in [6.45, 7) is 4.68. The maximum Gasteiger partial charge on any atom is 0.253 e. The second kappa shape index (κ2) is 7.19. The monoisotopic (exact) mass is 358 g/mol. The topological polar surface area (TPSA) is 67.4 Å². The molecule has 2 saturated heterocycles. The van der Waals surface area contributed by atoms with E-state index < -0.39 is 0 Å². The second-order valence-electron chi connectivity index (χ2n) is 6.73. The number of piperidine rings is 1. The quantitative estimate of drug-likeness (QED) is 0.909. The molecule has 0 saturated carbocycles. The Bertz CT molecular complexity index is 736. The molecule has 1 N–H and O–H groups in total. The number of anilines is 1. The Morgan fingerprint density at radius 3 is 3.16 bits per heavy atom. The van der Waals surface area contributed by atoms with Crippen molar-refractivity contribution in [1.82, 2.24) is 14.9 Å². The number of hydrogen-bond acceptors (Lipinski definition) is 6. The molecule has 6 nitrogen and oxygen atoms in total. The molecule has 2 aromatic rings. The Morgan fingerprint density at radius 2 is 2.36 bits per heavy atom. The molecule has 0 radical (unpaired) electrons. The predicted octanol–water partition coefficient (Wildman–Crippen LogP) is 2.46. The zero-order valence-electron chi connectivity index (χ0n) is 14.2. The largest absolute Gasteiger partial charge is 0.364 e. The van der Waals surface area contributed by atoms with Crippen molar-refractivity contribution in [2.45, 2.75) is 38.5 Å². The molecule has 1 amide bonds. The van der Waals surface area contributed by atoms with E-state index in [0.717, 1.165) is 48.9 Å². The van der Waals surface area contributed by atoms with Crippen molar-refractivity contribution < 1.29 is 9.53 Å². The number of nitrogens with zero attached hydrogens (tertiary/aromatic N) is 3. The minimum Gasteiger partial charge on any atom is -0.364 e. The molecule has 0 aliphatic carbocycles. The lowest BCUT2D eigenvalue weighted by Gasteiger charge is -2.33. The number of ether oxygens (including phenoxy) is 1. The number of nitrogens with one attached hydrogen (secondary N) is 1. The third kappa shape index (κ3) is 3.73. The number of aromatic nitrogens is 2. The van der Waals surface area contributed by atoms with Crippen LogP contribution in [-0.4, -0.2) is 46.1 Å². The van der Waals surface area contributed by atoms with Crippen LogP contribution in [0.25, 0.3) is 0 Å². The van der Waals surface area contributed by atoms with Gasteiger partial charge in [-0.15, -0.1) is 11.3 Å². The van der Waals surface area contributed by atoms with Crippen LogP contribution in [0.4, 0.5) is 5.69 Å². The molecule has 4 heterocycles. The molecule has 7 heteroatoms. The minimum atomic E-state index is -0.366. The zero-order valence-corrected chi connectivity index (χ0v) is 15.0. The number of carbonyl (C=O) groups is 1. The number of amides is 1. The van der Waals surface area contributed by atoms with E-state index in [2.05, 4.69) is 20.2 Å². The molecular weight excluding hydrogens is 336 g/mol. The summed E-state index contributed by atoms with van der Waals surface area (Å²) in [5, 5.41) is 6.11. The van der Waals surface area contributed by atoms with Gasteiger partial charge in [0.2, 0.25) is 0 Å². The van der Waals surface area contributed by atoms with Crippen LogP contribution in [0.5, 0.6) is 0 Å². The Labute approximate surface area is 151 Å². The predicted molar refractivity (Wildman–Crippen MR) is 96.4 cm³/mol. The van der Waals surface area contributed by atoms with Gasteiger partial charge in [-0.1, -0.05) is 0 Å². The normalized spacial score (nSPS) is 26.4. The van der Waals surface area contributed by atoms with Gasteiger partial charge in [-0.05, 0) is 44.4 Å². The number of hydrogen-bond donors (Lipinski definition) is 1. The average Bonchev–Trinajstić information content (AvgIpc) is 3.26. The lowest BCUT2D eigenvalue weighted by Crippen LogP contribution is -2.41. The van der Waals surface area contributed by atoms with Crippen LogP contribution in [0.15, 0.2) is 29.9 Å². The van der Waals surface area contributed by atoms with Gasteiger partial charge in [-0.2, -0.15) is 0 Å². The van der Waals surface area contributed by atoms with E-state index in [1.54, 1.807) is 17.5 Å². The summed E-state index contributed by atoms with van der Waals surface area (Å²) in [5.41, 5.74) is 1.58. The molecule has 2 aliphatic heterocycles. The summed E-state index contributed by atoms with van der Waals surface area (Å²) < 4.78 is 6.10. The summed E-state index contributed by atoms with van der Waals surface area (Å²) in [6.07, 6.45) is 5.23. The van der Waals surface area contributed by atoms with E-state index in [0.29, 0.717) is 5.92 Å². The Kier molecular flexibility index (Phi) is 4.78. The Hall–Kier alpha value is -1.83. The molecule has 0 unspecified atom stereocenters. The first kappa shape index (κ1) is 16.6. The highest BCUT2D eigenvalue weighted by atomic mass is 32.1. The fourth-order valence-electron chi connectivity index (χ4n) is 3.66. The smallest absolute Gasteiger partial charge is 0.253 e. The van der Waals surface area contributed by atoms with E-state index >= 15 is 0 Å². The molecule has 3 atom stereocenters.